The van der Waals surface area contributed by atoms with E-state index in [9.17, 15) is 18.0 Å². The van der Waals surface area contributed by atoms with E-state index in [1.165, 1.54) is 12.1 Å². The molecule has 0 aromatic heterocycles. The summed E-state index contributed by atoms with van der Waals surface area (Å²) >= 11 is 5.71. The van der Waals surface area contributed by atoms with Crippen LogP contribution in [0.15, 0.2) is 18.2 Å². The van der Waals surface area contributed by atoms with E-state index in [1.807, 2.05) is 0 Å². The van der Waals surface area contributed by atoms with Crippen LogP contribution in [0.4, 0.5) is 18.0 Å². The summed E-state index contributed by atoms with van der Waals surface area (Å²) in [5.74, 6) is -0.0978. The number of alkyl halides is 3. The van der Waals surface area contributed by atoms with Gasteiger partial charge in [-0.15, -0.1) is 0 Å². The molecule has 0 bridgehead atoms. The van der Waals surface area contributed by atoms with Gasteiger partial charge in [-0.25, -0.2) is 4.79 Å². The summed E-state index contributed by atoms with van der Waals surface area (Å²) in [6, 6.07) is 2.93. The Morgan fingerprint density at radius 2 is 1.91 bits per heavy atom. The predicted octanol–water partition coefficient (Wildman–Crippen LogP) is 4.65. The van der Waals surface area contributed by atoms with Gasteiger partial charge in [0.1, 0.15) is 18.0 Å². The van der Waals surface area contributed by atoms with E-state index in [4.69, 9.17) is 21.1 Å². The van der Waals surface area contributed by atoms with Crippen molar-refractivity contribution >= 4 is 17.7 Å². The normalized spacial score (nSPS) is 13.4. The monoisotopic (exact) mass is 353 g/mol. The summed E-state index contributed by atoms with van der Waals surface area (Å²) < 4.78 is 48.6. The summed E-state index contributed by atoms with van der Waals surface area (Å²) in [6.45, 7) is 6.73. The maximum Gasteiger partial charge on any atom is 0.417 e. The summed E-state index contributed by atoms with van der Waals surface area (Å²) in [4.78, 5) is 11.6. The van der Waals surface area contributed by atoms with Crippen molar-refractivity contribution in [2.24, 2.45) is 0 Å². The van der Waals surface area contributed by atoms with Crippen molar-refractivity contribution in [2.45, 2.75) is 45.5 Å². The van der Waals surface area contributed by atoms with Crippen LogP contribution in [-0.2, 0) is 10.9 Å². The molecule has 1 amide bonds. The highest BCUT2D eigenvalue weighted by Gasteiger charge is 2.34. The number of rotatable bonds is 4. The minimum absolute atomic E-state index is 0.0553. The molecular formula is C15H19ClF3NO3. The predicted molar refractivity (Wildman–Crippen MR) is 80.8 cm³/mol. The van der Waals surface area contributed by atoms with E-state index in [0.29, 0.717) is 0 Å². The van der Waals surface area contributed by atoms with Crippen LogP contribution in [0.25, 0.3) is 0 Å². The highest BCUT2D eigenvalue weighted by atomic mass is 35.5. The lowest BCUT2D eigenvalue weighted by molar-refractivity contribution is -0.137. The van der Waals surface area contributed by atoms with Gasteiger partial charge in [0.15, 0.2) is 0 Å². The largest absolute Gasteiger partial charge is 0.490 e. The second-order valence-electron chi connectivity index (χ2n) is 5.97. The third-order valence-corrected chi connectivity index (χ3v) is 2.91. The molecule has 0 unspecified atom stereocenters. The highest BCUT2D eigenvalue weighted by molar-refractivity contribution is 6.32. The van der Waals surface area contributed by atoms with Gasteiger partial charge < -0.3 is 14.8 Å². The molecule has 1 atom stereocenters. The van der Waals surface area contributed by atoms with E-state index in [-0.39, 0.29) is 12.4 Å². The van der Waals surface area contributed by atoms with Crippen molar-refractivity contribution in [1.82, 2.24) is 5.32 Å². The standard InChI is InChI=1S/C15H19ClF3NO3/c1-9(20-13(21)23-14(2,3)4)8-22-11-7-5-6-10(12(11)16)15(17,18)19/h5-7,9H,8H2,1-4H3,(H,20,21)/t9-/m1/s1. The number of carbonyl (C=O) groups excluding carboxylic acids is 1. The number of carbonyl (C=O) groups is 1. The Morgan fingerprint density at radius 3 is 2.43 bits per heavy atom. The average molecular weight is 354 g/mol. The summed E-state index contributed by atoms with van der Waals surface area (Å²) in [5, 5.41) is 2.01. The Morgan fingerprint density at radius 1 is 1.30 bits per heavy atom. The first-order valence-electron chi connectivity index (χ1n) is 6.88. The van der Waals surface area contributed by atoms with Crippen molar-refractivity contribution in [2.75, 3.05) is 6.61 Å². The van der Waals surface area contributed by atoms with Crippen LogP contribution in [0.2, 0.25) is 5.02 Å². The Kier molecular flexibility index (Phi) is 6.16. The van der Waals surface area contributed by atoms with Crippen LogP contribution < -0.4 is 10.1 Å². The highest BCUT2D eigenvalue weighted by Crippen LogP contribution is 2.39. The van der Waals surface area contributed by atoms with Gasteiger partial charge in [-0.3, -0.25) is 0 Å². The second kappa shape index (κ2) is 7.29. The SMILES string of the molecule is C[C@H](COc1cccc(C(F)(F)F)c1Cl)NC(=O)OC(C)(C)C. The molecule has 0 aliphatic heterocycles. The van der Waals surface area contributed by atoms with Crippen molar-refractivity contribution < 1.29 is 27.4 Å². The summed E-state index contributed by atoms with van der Waals surface area (Å²) in [6.07, 6.45) is -5.19. The van der Waals surface area contributed by atoms with Crippen molar-refractivity contribution in [3.63, 3.8) is 0 Å². The van der Waals surface area contributed by atoms with Gasteiger partial charge in [-0.2, -0.15) is 13.2 Å². The quantitative estimate of drug-likeness (QED) is 0.857. The van der Waals surface area contributed by atoms with E-state index in [2.05, 4.69) is 5.32 Å². The Bertz CT molecular complexity index is 556. The molecule has 0 radical (unpaired) electrons. The molecule has 1 aromatic rings. The molecule has 0 saturated heterocycles. The molecule has 0 heterocycles. The van der Waals surface area contributed by atoms with Gasteiger partial charge in [0.25, 0.3) is 0 Å². The topological polar surface area (TPSA) is 47.6 Å². The Hall–Kier alpha value is -1.63. The zero-order chi connectivity index (χ0) is 17.8. The van der Waals surface area contributed by atoms with Crippen LogP contribution in [-0.4, -0.2) is 24.3 Å². The fourth-order valence-corrected chi connectivity index (χ4v) is 1.89. The van der Waals surface area contributed by atoms with Crippen LogP contribution >= 0.6 is 11.6 Å². The van der Waals surface area contributed by atoms with Crippen molar-refractivity contribution in [1.29, 1.82) is 0 Å². The first-order valence-corrected chi connectivity index (χ1v) is 7.26. The van der Waals surface area contributed by atoms with E-state index >= 15 is 0 Å². The van der Waals surface area contributed by atoms with E-state index in [1.54, 1.807) is 27.7 Å². The molecular weight excluding hydrogens is 335 g/mol. The average Bonchev–Trinajstić information content (AvgIpc) is 2.33. The third-order valence-electron chi connectivity index (χ3n) is 2.52. The van der Waals surface area contributed by atoms with Crippen LogP contribution in [0, 0.1) is 0 Å². The molecule has 1 N–H and O–H groups in total. The molecule has 0 aliphatic rings. The summed E-state index contributed by atoms with van der Waals surface area (Å²) in [5.41, 5.74) is -1.61. The number of benzene rings is 1. The zero-order valence-electron chi connectivity index (χ0n) is 13.3. The zero-order valence-corrected chi connectivity index (χ0v) is 14.0. The van der Waals surface area contributed by atoms with Crippen molar-refractivity contribution in [3.05, 3.63) is 28.8 Å². The lowest BCUT2D eigenvalue weighted by atomic mass is 10.2. The number of hydrogen-bond acceptors (Lipinski definition) is 3. The Balaban J connectivity index is 2.64. The first kappa shape index (κ1) is 19.4. The molecule has 4 nitrogen and oxygen atoms in total. The van der Waals surface area contributed by atoms with Gasteiger partial charge in [0, 0.05) is 0 Å². The number of hydrogen-bond donors (Lipinski definition) is 1. The molecule has 8 heteroatoms. The maximum absolute atomic E-state index is 12.7. The number of amides is 1. The van der Waals surface area contributed by atoms with Gasteiger partial charge in [-0.05, 0) is 39.8 Å². The summed E-state index contributed by atoms with van der Waals surface area (Å²) in [7, 11) is 0. The molecule has 0 fully saturated rings. The van der Waals surface area contributed by atoms with Gasteiger partial charge >= 0.3 is 12.3 Å². The lowest BCUT2D eigenvalue weighted by Crippen LogP contribution is -2.40. The number of halogens is 4. The van der Waals surface area contributed by atoms with Gasteiger partial charge in [0.05, 0.1) is 16.6 Å². The molecule has 0 aliphatic carbocycles. The van der Waals surface area contributed by atoms with Crippen LogP contribution in [0.5, 0.6) is 5.75 Å². The van der Waals surface area contributed by atoms with Crippen LogP contribution in [0.1, 0.15) is 33.3 Å². The maximum atomic E-state index is 12.7. The first-order chi connectivity index (χ1) is 10.4. The molecule has 0 saturated carbocycles. The molecule has 1 aromatic carbocycles. The molecule has 1 rings (SSSR count). The number of alkyl carbamates (subject to hydrolysis) is 1. The number of nitrogens with one attached hydrogen (secondary N) is 1. The molecule has 0 spiro atoms. The van der Waals surface area contributed by atoms with Gasteiger partial charge in [0.2, 0.25) is 0 Å². The molecule has 23 heavy (non-hydrogen) atoms. The van der Waals surface area contributed by atoms with Crippen LogP contribution in [0.3, 0.4) is 0 Å². The van der Waals surface area contributed by atoms with Crippen molar-refractivity contribution in [3.8, 4) is 5.75 Å². The Labute approximate surface area is 137 Å². The lowest BCUT2D eigenvalue weighted by Gasteiger charge is -2.22. The second-order valence-corrected chi connectivity index (χ2v) is 6.35. The van der Waals surface area contributed by atoms with Gasteiger partial charge in [-0.1, -0.05) is 17.7 Å². The minimum atomic E-state index is -4.56. The van der Waals surface area contributed by atoms with E-state index < -0.39 is 34.5 Å². The smallest absolute Gasteiger partial charge is 0.417 e. The third kappa shape index (κ3) is 6.56. The minimum Gasteiger partial charge on any atom is -0.490 e. The number of ether oxygens (including phenoxy) is 2. The van der Waals surface area contributed by atoms with E-state index in [0.717, 1.165) is 6.07 Å². The fraction of sp³-hybridized carbons (Fsp3) is 0.533. The molecule has 130 valence electrons. The fourth-order valence-electron chi connectivity index (χ4n) is 1.61.